The Bertz CT molecular complexity index is 1530. The fourth-order valence-electron chi connectivity index (χ4n) is 3.30. The molecule has 9 nitrogen and oxygen atoms in total. The molecule has 0 N–H and O–H groups in total. The highest BCUT2D eigenvalue weighted by Gasteiger charge is 2.16. The number of aromatic nitrogens is 3. The van der Waals surface area contributed by atoms with Crippen LogP contribution in [0.15, 0.2) is 63.0 Å². The van der Waals surface area contributed by atoms with Crippen LogP contribution in [0.3, 0.4) is 0 Å². The van der Waals surface area contributed by atoms with Crippen molar-refractivity contribution in [2.45, 2.75) is 26.2 Å². The van der Waals surface area contributed by atoms with E-state index in [1.807, 2.05) is 38.1 Å². The number of pyridine rings is 1. The summed E-state index contributed by atoms with van der Waals surface area (Å²) in [4.78, 5) is 32.4. The lowest BCUT2D eigenvalue weighted by Gasteiger charge is -2.14. The largest absolute Gasteiger partial charge is 0.437 e. The number of rotatable bonds is 7. The Morgan fingerprint density at radius 3 is 2.56 bits per heavy atom. The number of hydrogen-bond donors (Lipinski definition) is 0. The average molecular weight is 774 g/mol. The van der Waals surface area contributed by atoms with Crippen molar-refractivity contribution in [3.05, 3.63) is 92.1 Å². The Labute approximate surface area is 241 Å². The van der Waals surface area contributed by atoms with Crippen LogP contribution in [-0.2, 0) is 0 Å². The minimum absolute atomic E-state index is 0.0353. The quantitative estimate of drug-likeness (QED) is 0.0879. The number of ether oxygens (including phenoxy) is 1. The molecule has 0 radical (unpaired) electrons. The van der Waals surface area contributed by atoms with Crippen LogP contribution in [0.1, 0.15) is 37.6 Å². The molecule has 4 aromatic rings. The van der Waals surface area contributed by atoms with Gasteiger partial charge < -0.3 is 4.74 Å². The number of halogens is 3. The molecule has 12 heteroatoms. The van der Waals surface area contributed by atoms with Crippen LogP contribution in [0.2, 0.25) is 0 Å². The van der Waals surface area contributed by atoms with Crippen molar-refractivity contribution >= 4 is 83.9 Å². The van der Waals surface area contributed by atoms with Gasteiger partial charge in [0.05, 0.1) is 29.2 Å². The number of nitro groups is 1. The summed E-state index contributed by atoms with van der Waals surface area (Å²) in [6, 6.07) is 12.0. The van der Waals surface area contributed by atoms with Crippen LogP contribution in [0.25, 0.3) is 10.9 Å². The van der Waals surface area contributed by atoms with Gasteiger partial charge >= 0.3 is 0 Å². The number of nitrogens with zero attached hydrogens (tertiary/aromatic N) is 5. The maximum absolute atomic E-state index is 13.3. The maximum Gasteiger partial charge on any atom is 0.287 e. The topological polar surface area (TPSA) is 113 Å². The van der Waals surface area contributed by atoms with E-state index in [0.29, 0.717) is 22.5 Å². The van der Waals surface area contributed by atoms with Gasteiger partial charge in [0.25, 0.3) is 11.2 Å². The predicted molar refractivity (Wildman–Crippen MR) is 158 cm³/mol. The average Bonchev–Trinajstić information content (AvgIpc) is 2.85. The smallest absolute Gasteiger partial charge is 0.287 e. The second-order valence-electron chi connectivity index (χ2n) is 7.83. The lowest BCUT2D eigenvalue weighted by molar-refractivity contribution is -0.385. The van der Waals surface area contributed by atoms with Crippen LogP contribution in [-0.4, -0.2) is 25.8 Å². The molecule has 2 aromatic heterocycles. The van der Waals surface area contributed by atoms with E-state index in [9.17, 15) is 14.9 Å². The van der Waals surface area contributed by atoms with E-state index in [1.54, 1.807) is 12.3 Å². The molecule has 0 aliphatic rings. The molecule has 0 saturated carbocycles. The van der Waals surface area contributed by atoms with Gasteiger partial charge in [0.1, 0.15) is 12.0 Å². The van der Waals surface area contributed by atoms with Gasteiger partial charge in [0, 0.05) is 22.5 Å². The van der Waals surface area contributed by atoms with E-state index in [2.05, 4.69) is 71.2 Å². The molecule has 2 heterocycles. The van der Waals surface area contributed by atoms with Crippen molar-refractivity contribution in [1.29, 1.82) is 0 Å². The minimum Gasteiger partial charge on any atom is -0.437 e. The molecule has 0 amide bonds. The molecule has 1 atom stereocenters. The van der Waals surface area contributed by atoms with E-state index in [0.717, 1.165) is 29.8 Å². The summed E-state index contributed by atoms with van der Waals surface area (Å²) in [5, 5.41) is 15.8. The predicted octanol–water partition coefficient (Wildman–Crippen LogP) is 6.86. The second-order valence-corrected chi connectivity index (χ2v) is 11.1. The molecule has 0 aliphatic heterocycles. The monoisotopic (exact) mass is 773 g/mol. The molecule has 0 bridgehead atoms. The van der Waals surface area contributed by atoms with Crippen molar-refractivity contribution in [2.24, 2.45) is 5.10 Å². The molecule has 4 rings (SSSR count). The Kier molecular flexibility index (Phi) is 8.34. The van der Waals surface area contributed by atoms with Crippen molar-refractivity contribution in [1.82, 2.24) is 14.6 Å². The van der Waals surface area contributed by atoms with E-state index in [1.165, 1.54) is 16.8 Å². The number of hydrogen-bond acceptors (Lipinski definition) is 7. The van der Waals surface area contributed by atoms with E-state index < -0.39 is 4.92 Å². The van der Waals surface area contributed by atoms with E-state index in [4.69, 9.17) is 9.72 Å². The SMILES string of the molecule is CC[C@H](C)c1nc2ccc(Br)cc2c(=O)n1N=Cc1cc(I)c(Oc2ccc([N+](=O)[O-])cn2)c(I)c1. The van der Waals surface area contributed by atoms with Crippen molar-refractivity contribution < 1.29 is 9.66 Å². The van der Waals surface area contributed by atoms with Gasteiger partial charge in [-0.2, -0.15) is 9.78 Å². The Morgan fingerprint density at radius 2 is 1.94 bits per heavy atom. The Morgan fingerprint density at radius 1 is 1.22 bits per heavy atom. The number of benzene rings is 2. The van der Waals surface area contributed by atoms with Crippen molar-refractivity contribution in [2.75, 3.05) is 0 Å². The van der Waals surface area contributed by atoms with Crippen LogP contribution in [0.5, 0.6) is 11.6 Å². The standard InChI is InChI=1S/C24H18BrI2N5O4/c1-3-13(2)23-30-20-6-4-15(25)10-17(20)24(33)31(23)29-11-14-8-18(26)22(19(27)9-14)36-21-7-5-16(12-28-21)32(34)35/h4-13H,3H2,1-2H3/t13-/m0/s1. The van der Waals surface area contributed by atoms with E-state index >= 15 is 0 Å². The molecule has 0 aliphatic carbocycles. The molecule has 0 saturated heterocycles. The van der Waals surface area contributed by atoms with Crippen LogP contribution in [0, 0.1) is 17.3 Å². The first-order chi connectivity index (χ1) is 17.2. The van der Waals surface area contributed by atoms with Gasteiger partial charge in [0.15, 0.2) is 5.75 Å². The third-order valence-corrected chi connectivity index (χ3v) is 7.46. The van der Waals surface area contributed by atoms with Gasteiger partial charge in [-0.1, -0.05) is 29.8 Å². The van der Waals surface area contributed by atoms with E-state index in [-0.39, 0.29) is 23.0 Å². The molecular formula is C24H18BrI2N5O4. The van der Waals surface area contributed by atoms with Crippen LogP contribution >= 0.6 is 61.1 Å². The zero-order valence-electron chi connectivity index (χ0n) is 19.0. The highest BCUT2D eigenvalue weighted by molar-refractivity contribution is 14.1. The van der Waals surface area contributed by atoms with Gasteiger partial charge in [-0.3, -0.25) is 14.9 Å². The zero-order chi connectivity index (χ0) is 26.0. The molecule has 0 unspecified atom stereocenters. The lowest BCUT2D eigenvalue weighted by Crippen LogP contribution is -2.23. The maximum atomic E-state index is 13.3. The van der Waals surface area contributed by atoms with Gasteiger partial charge in [-0.15, -0.1) is 0 Å². The zero-order valence-corrected chi connectivity index (χ0v) is 24.9. The molecular weight excluding hydrogens is 756 g/mol. The summed E-state index contributed by atoms with van der Waals surface area (Å²) in [5.74, 6) is 1.45. The number of fused-ring (bicyclic) bond motifs is 1. The minimum atomic E-state index is -0.514. The molecule has 2 aromatic carbocycles. The first kappa shape index (κ1) is 26.6. The first-order valence-corrected chi connectivity index (χ1v) is 13.7. The summed E-state index contributed by atoms with van der Waals surface area (Å²) in [6.45, 7) is 4.06. The molecule has 36 heavy (non-hydrogen) atoms. The molecule has 0 fully saturated rings. The normalized spacial score (nSPS) is 12.2. The summed E-state index contributed by atoms with van der Waals surface area (Å²) in [6.07, 6.45) is 3.58. The third kappa shape index (κ3) is 5.75. The second kappa shape index (κ2) is 11.3. The fraction of sp³-hybridized carbons (Fsp3) is 0.167. The molecule has 184 valence electrons. The highest BCUT2D eigenvalue weighted by atomic mass is 127. The van der Waals surface area contributed by atoms with Gasteiger partial charge in [-0.25, -0.2) is 9.97 Å². The Hall–Kier alpha value is -2.46. The summed E-state index contributed by atoms with van der Waals surface area (Å²) >= 11 is 7.71. The summed E-state index contributed by atoms with van der Waals surface area (Å²) < 4.78 is 9.61. The summed E-state index contributed by atoms with van der Waals surface area (Å²) in [7, 11) is 0. The highest BCUT2D eigenvalue weighted by Crippen LogP contribution is 2.32. The molecule has 0 spiro atoms. The van der Waals surface area contributed by atoms with Crippen molar-refractivity contribution in [3.8, 4) is 11.6 Å². The van der Waals surface area contributed by atoms with Crippen LogP contribution in [0.4, 0.5) is 5.69 Å². The first-order valence-electron chi connectivity index (χ1n) is 10.7. The Balaban J connectivity index is 1.69. The van der Waals surface area contributed by atoms with Gasteiger partial charge in [0.2, 0.25) is 5.88 Å². The van der Waals surface area contributed by atoms with Gasteiger partial charge in [-0.05, 0) is 87.5 Å². The summed E-state index contributed by atoms with van der Waals surface area (Å²) in [5.41, 5.74) is 1.06. The lowest BCUT2D eigenvalue weighted by atomic mass is 10.1. The fourth-order valence-corrected chi connectivity index (χ4v) is 5.70. The van der Waals surface area contributed by atoms with Crippen LogP contribution < -0.4 is 10.3 Å². The third-order valence-electron chi connectivity index (χ3n) is 5.37. The van der Waals surface area contributed by atoms with Crippen molar-refractivity contribution in [3.63, 3.8) is 0 Å².